The molecule has 0 saturated heterocycles. The van der Waals surface area contributed by atoms with Crippen molar-refractivity contribution >= 4 is 40.5 Å². The fourth-order valence-electron chi connectivity index (χ4n) is 6.27. The van der Waals surface area contributed by atoms with E-state index in [1.54, 1.807) is 13.8 Å². The first-order chi connectivity index (χ1) is 34.7. The molecule has 0 aromatic heterocycles. The third-order valence-electron chi connectivity index (χ3n) is 10.5. The molecule has 24 heteroatoms. The number of rotatable bonds is 28. The Labute approximate surface area is 459 Å². The van der Waals surface area contributed by atoms with Crippen LogP contribution in [0.5, 0.6) is 0 Å². The molecule has 2 unspecified atom stereocenters. The van der Waals surface area contributed by atoms with E-state index in [0.717, 1.165) is 42.8 Å². The molecule has 0 radical (unpaired) electrons. The van der Waals surface area contributed by atoms with Gasteiger partial charge < -0.3 is 8.25 Å². The lowest BCUT2D eigenvalue weighted by Crippen LogP contribution is -3.61. The van der Waals surface area contributed by atoms with Gasteiger partial charge in [0.15, 0.2) is 34.3 Å². The molecular formula is C50H72F6I2N4O8S4. The van der Waals surface area contributed by atoms with Gasteiger partial charge in [0.1, 0.15) is 20.4 Å². The molecule has 0 aliphatic heterocycles. The fourth-order valence-corrected chi connectivity index (χ4v) is 15.7. The third kappa shape index (κ3) is 28.3. The van der Waals surface area contributed by atoms with Gasteiger partial charge in [0.05, 0.1) is 0 Å². The molecule has 0 N–H and O–H groups in total. The minimum absolute atomic E-state index is 0.0287. The van der Waals surface area contributed by atoms with Crippen LogP contribution in [0.1, 0.15) is 119 Å². The van der Waals surface area contributed by atoms with Crippen LogP contribution in [0, 0.1) is 26.1 Å². The fraction of sp³-hybridized carbons (Fsp3) is 0.520. The van der Waals surface area contributed by atoms with Crippen LogP contribution >= 0.6 is 0 Å². The molecule has 420 valence electrons. The monoisotopic (exact) mass is 1350 g/mol. The van der Waals surface area contributed by atoms with E-state index < -0.39 is 51.5 Å². The highest BCUT2D eigenvalue weighted by molar-refractivity contribution is 8.12. The van der Waals surface area contributed by atoms with Gasteiger partial charge in [0.25, 0.3) is 0 Å². The van der Waals surface area contributed by atoms with Gasteiger partial charge in [-0.15, -0.1) is 0 Å². The number of nitrogens with zero attached hydrogens (tertiary/aromatic N) is 4. The largest absolute Gasteiger partial charge is 0.480 e. The normalized spacial score (nSPS) is 13.2. The molecule has 0 aliphatic rings. The zero-order valence-corrected chi connectivity index (χ0v) is 50.3. The summed E-state index contributed by atoms with van der Waals surface area (Å²) in [5, 5.41) is 0. The van der Waals surface area contributed by atoms with Crippen LogP contribution in [0.3, 0.4) is 0 Å². The number of unbranched alkanes of at least 4 members (excludes halogenated alkanes) is 4. The van der Waals surface area contributed by atoms with Crippen molar-refractivity contribution < 1.29 is 102 Å². The van der Waals surface area contributed by atoms with Gasteiger partial charge in [-0.05, 0) is 86.1 Å². The molecule has 0 saturated carbocycles. The van der Waals surface area contributed by atoms with E-state index >= 15 is 0 Å². The summed E-state index contributed by atoms with van der Waals surface area (Å²) in [6, 6.07) is 42.8. The van der Waals surface area contributed by atoms with Crippen molar-refractivity contribution in [3.05, 3.63) is 144 Å². The zero-order valence-electron chi connectivity index (χ0n) is 42.7. The van der Waals surface area contributed by atoms with Crippen LogP contribution in [-0.2, 0) is 40.5 Å². The first-order valence-corrected chi connectivity index (χ1v) is 34.3. The zero-order chi connectivity index (χ0) is 55.9. The molecule has 0 fully saturated rings. The molecule has 0 spiro atoms. The second-order valence-corrected chi connectivity index (χ2v) is 29.5. The number of hydrogen-bond donors (Lipinski definition) is 0. The minimum atomic E-state index is -6.12. The molecule has 4 aromatic rings. The summed E-state index contributed by atoms with van der Waals surface area (Å²) in [7, 11) is -22.0. The van der Waals surface area contributed by atoms with Crippen LogP contribution in [0.2, 0.25) is 0 Å². The molecule has 0 amide bonds. The topological polar surface area (TPSA) is 171 Å². The Morgan fingerprint density at radius 3 is 0.905 bits per heavy atom. The molecule has 4 rings (SSSR count). The summed E-state index contributed by atoms with van der Waals surface area (Å²) >= 11 is 0.0574. The van der Waals surface area contributed by atoms with Crippen molar-refractivity contribution in [2.24, 2.45) is 11.8 Å². The standard InChI is InChI=1S/C17H34F3N2O4S2.2C12H10I.C9H18F3N2O4S2/c1-5-9-11-15(7-3)13-22(14-16(8-4)12-10-6-2)28(25,26)21-27(23,24)17(18,19)20;2*1-3-7-11(8-4-1)13-12-9-5-2-6-10-12;1-3-5-7-14(8-6-4-2)20(17,18)13-19(15,16)9(10,11)12/h15-16H,5-14H2,1-4H3;2*1-10H;3-8H2,1-2H3/q-1;2*+1;-1. The summed E-state index contributed by atoms with van der Waals surface area (Å²) in [6.07, 6.45) is 8.30. The Bertz CT molecular complexity index is 2380. The number of benzene rings is 4. The lowest BCUT2D eigenvalue weighted by Gasteiger charge is -2.35. The quantitative estimate of drug-likeness (QED) is 0.0426. The van der Waals surface area contributed by atoms with Crippen LogP contribution in [0.15, 0.2) is 121 Å². The van der Waals surface area contributed by atoms with Gasteiger partial charge in [-0.3, -0.25) is 0 Å². The number of halogens is 8. The van der Waals surface area contributed by atoms with Gasteiger partial charge in [0.2, 0.25) is 0 Å². The van der Waals surface area contributed by atoms with E-state index in [9.17, 15) is 60.0 Å². The lowest BCUT2D eigenvalue weighted by molar-refractivity contribution is -0.597. The first kappa shape index (κ1) is 69.6. The second kappa shape index (κ2) is 35.9. The molecule has 74 heavy (non-hydrogen) atoms. The van der Waals surface area contributed by atoms with Crippen molar-refractivity contribution in [1.82, 2.24) is 8.61 Å². The Morgan fingerprint density at radius 1 is 0.419 bits per heavy atom. The molecular weight excluding hydrogens is 1280 g/mol. The van der Waals surface area contributed by atoms with E-state index in [-0.39, 0.29) is 80.4 Å². The first-order valence-electron chi connectivity index (χ1n) is 24.3. The van der Waals surface area contributed by atoms with Gasteiger partial charge in [0, 0.05) is 26.2 Å². The van der Waals surface area contributed by atoms with E-state index in [2.05, 4.69) is 130 Å². The third-order valence-corrected chi connectivity index (χ3v) is 22.1. The smallest absolute Gasteiger partial charge is 0.415 e. The molecule has 0 bridgehead atoms. The van der Waals surface area contributed by atoms with E-state index in [1.807, 2.05) is 27.7 Å². The maximum Gasteiger partial charge on any atom is 0.480 e. The van der Waals surface area contributed by atoms with E-state index in [4.69, 9.17) is 0 Å². The highest BCUT2D eigenvalue weighted by Gasteiger charge is 2.42. The summed E-state index contributed by atoms with van der Waals surface area (Å²) in [5.74, 6) is -0.135. The van der Waals surface area contributed by atoms with Crippen molar-refractivity contribution in [3.8, 4) is 0 Å². The molecule has 4 aromatic carbocycles. The van der Waals surface area contributed by atoms with Crippen LogP contribution in [0.25, 0.3) is 8.25 Å². The van der Waals surface area contributed by atoms with Gasteiger partial charge >= 0.3 is 53.4 Å². The Kier molecular flexibility index (Phi) is 33.7. The number of sulfonamides is 2. The van der Waals surface area contributed by atoms with Crippen LogP contribution < -0.4 is 42.4 Å². The summed E-state index contributed by atoms with van der Waals surface area (Å²) in [6.45, 7) is 11.1. The number of hydrogen-bond acceptors (Lipinski definition) is 8. The second-order valence-electron chi connectivity index (χ2n) is 16.6. The van der Waals surface area contributed by atoms with Crippen LogP contribution in [-0.4, -0.2) is 79.5 Å². The average molecular weight is 1350 g/mol. The summed E-state index contributed by atoms with van der Waals surface area (Å²) in [4.78, 5) is 0. The lowest BCUT2D eigenvalue weighted by atomic mass is 9.97. The Balaban J connectivity index is 0.000000517. The predicted octanol–water partition coefficient (Wildman–Crippen LogP) is 7.18. The maximum absolute atomic E-state index is 12.7. The number of alkyl halides is 6. The van der Waals surface area contributed by atoms with Crippen molar-refractivity contribution in [2.45, 2.75) is 130 Å². The van der Waals surface area contributed by atoms with E-state index in [1.165, 1.54) is 14.3 Å². The Morgan fingerprint density at radius 2 is 0.676 bits per heavy atom. The van der Waals surface area contributed by atoms with Crippen molar-refractivity contribution in [1.29, 1.82) is 0 Å². The predicted molar refractivity (Wildman–Crippen MR) is 275 cm³/mol. The highest BCUT2D eigenvalue weighted by Crippen LogP contribution is 2.33. The summed E-state index contributed by atoms with van der Waals surface area (Å²) < 4.78 is 179. The van der Waals surface area contributed by atoms with Gasteiger partial charge in [-0.1, -0.05) is 166 Å². The van der Waals surface area contributed by atoms with Crippen molar-refractivity contribution in [2.75, 3.05) is 26.2 Å². The molecule has 0 aliphatic carbocycles. The summed E-state index contributed by atoms with van der Waals surface area (Å²) in [5.41, 5.74) is -11.5. The SMILES string of the molecule is CCCCC(CC)CN(CC(CC)CCCC)S(=O)(=O)[N-]S(=O)(=O)C(F)(F)F.CCCCN(CCCC)S(=O)(=O)[N-]S(=O)(=O)C(F)(F)F.c1ccc([I+]c2ccccc2)cc1.c1ccc([I+]c2ccccc2)cc1. The average Bonchev–Trinajstić information content (AvgIpc) is 3.34. The molecule has 2 atom stereocenters. The van der Waals surface area contributed by atoms with Gasteiger partial charge in [-0.25, -0.2) is 42.3 Å². The van der Waals surface area contributed by atoms with Gasteiger partial charge in [-0.2, -0.15) is 26.3 Å². The highest BCUT2D eigenvalue weighted by atomic mass is 127. The van der Waals surface area contributed by atoms with E-state index in [0.29, 0.717) is 42.8 Å². The Hall–Kier alpha value is -2.44. The molecule has 12 nitrogen and oxygen atoms in total. The maximum atomic E-state index is 12.7. The van der Waals surface area contributed by atoms with Crippen molar-refractivity contribution in [3.63, 3.8) is 0 Å². The minimum Gasteiger partial charge on any atom is -0.415 e. The van der Waals surface area contributed by atoms with Crippen LogP contribution in [0.4, 0.5) is 26.3 Å². The molecule has 0 heterocycles.